The molecule has 0 heterocycles. The van der Waals surface area contributed by atoms with Crippen LogP contribution in [-0.2, 0) is 11.2 Å². The molecule has 0 radical (unpaired) electrons. The minimum Gasteiger partial charge on any atom is -0.480 e. The third kappa shape index (κ3) is 3.93. The summed E-state index contributed by atoms with van der Waals surface area (Å²) in [5.74, 6) is -0.845. The Balaban J connectivity index is 1.96. The summed E-state index contributed by atoms with van der Waals surface area (Å²) in [5.41, 5.74) is 3.12. The van der Waals surface area contributed by atoms with Gasteiger partial charge in [-0.2, -0.15) is 0 Å². The van der Waals surface area contributed by atoms with Gasteiger partial charge in [-0.25, -0.2) is 0 Å². The van der Waals surface area contributed by atoms with E-state index in [9.17, 15) is 9.90 Å². The molecule has 0 fully saturated rings. The van der Waals surface area contributed by atoms with E-state index in [2.05, 4.69) is 5.32 Å². The van der Waals surface area contributed by atoms with E-state index in [0.717, 1.165) is 17.5 Å². The number of carboxylic acid groups (broad SMARTS) is 1. The van der Waals surface area contributed by atoms with Gasteiger partial charge < -0.3 is 10.4 Å². The van der Waals surface area contributed by atoms with Crippen molar-refractivity contribution in [3.05, 3.63) is 71.3 Å². The molecule has 0 spiro atoms. The molecule has 1 atom stereocenters. The first-order chi connectivity index (χ1) is 9.66. The SMILES string of the molecule is Cc1ccc(C(NCCc2ccccc2)C(=O)O)cc1. The van der Waals surface area contributed by atoms with E-state index in [1.165, 1.54) is 5.56 Å². The fraction of sp³-hybridized carbons (Fsp3) is 0.235. The molecule has 0 bridgehead atoms. The zero-order chi connectivity index (χ0) is 14.4. The predicted molar refractivity (Wildman–Crippen MR) is 79.7 cm³/mol. The van der Waals surface area contributed by atoms with Crippen LogP contribution in [0.2, 0.25) is 0 Å². The molecule has 1 unspecified atom stereocenters. The van der Waals surface area contributed by atoms with E-state index in [0.29, 0.717) is 6.54 Å². The Morgan fingerprint density at radius 3 is 2.35 bits per heavy atom. The highest BCUT2D eigenvalue weighted by atomic mass is 16.4. The summed E-state index contributed by atoms with van der Waals surface area (Å²) in [7, 11) is 0. The molecule has 2 aromatic rings. The standard InChI is InChI=1S/C17H19NO2/c1-13-7-9-15(10-8-13)16(17(19)20)18-12-11-14-5-3-2-4-6-14/h2-10,16,18H,11-12H2,1H3,(H,19,20). The maximum Gasteiger partial charge on any atom is 0.325 e. The van der Waals surface area contributed by atoms with Gasteiger partial charge in [-0.1, -0.05) is 60.2 Å². The number of rotatable bonds is 6. The number of aliphatic carboxylic acids is 1. The third-order valence-electron chi connectivity index (χ3n) is 3.26. The smallest absolute Gasteiger partial charge is 0.325 e. The van der Waals surface area contributed by atoms with Crippen LogP contribution in [0.5, 0.6) is 0 Å². The van der Waals surface area contributed by atoms with E-state index in [4.69, 9.17) is 0 Å². The van der Waals surface area contributed by atoms with E-state index in [1.54, 1.807) is 0 Å². The Kier molecular flexibility index (Phi) is 4.91. The molecule has 0 saturated heterocycles. The highest BCUT2D eigenvalue weighted by molar-refractivity contribution is 5.75. The second-order valence-electron chi connectivity index (χ2n) is 4.87. The Morgan fingerprint density at radius 2 is 1.75 bits per heavy atom. The summed E-state index contributed by atoms with van der Waals surface area (Å²) in [6.07, 6.45) is 0.816. The van der Waals surface area contributed by atoms with Crippen LogP contribution in [0.3, 0.4) is 0 Å². The largest absolute Gasteiger partial charge is 0.480 e. The predicted octanol–water partition coefficient (Wildman–Crippen LogP) is 2.95. The van der Waals surface area contributed by atoms with E-state index in [-0.39, 0.29) is 0 Å². The summed E-state index contributed by atoms with van der Waals surface area (Å²) in [4.78, 5) is 11.4. The van der Waals surface area contributed by atoms with Crippen LogP contribution in [0.4, 0.5) is 0 Å². The number of hydrogen-bond acceptors (Lipinski definition) is 2. The van der Waals surface area contributed by atoms with Crippen molar-refractivity contribution in [1.82, 2.24) is 5.32 Å². The number of carbonyl (C=O) groups is 1. The first-order valence-corrected chi connectivity index (χ1v) is 6.73. The average molecular weight is 269 g/mol. The number of carboxylic acids is 1. The lowest BCUT2D eigenvalue weighted by molar-refractivity contribution is -0.139. The van der Waals surface area contributed by atoms with E-state index >= 15 is 0 Å². The second kappa shape index (κ2) is 6.87. The maximum absolute atomic E-state index is 11.4. The molecular formula is C17H19NO2. The average Bonchev–Trinajstić information content (AvgIpc) is 2.46. The molecule has 20 heavy (non-hydrogen) atoms. The van der Waals surface area contributed by atoms with Gasteiger partial charge in [-0.15, -0.1) is 0 Å². The zero-order valence-electron chi connectivity index (χ0n) is 11.5. The minimum absolute atomic E-state index is 0.634. The molecule has 0 aromatic heterocycles. The van der Waals surface area contributed by atoms with Crippen molar-refractivity contribution in [2.45, 2.75) is 19.4 Å². The van der Waals surface area contributed by atoms with Crippen LogP contribution >= 0.6 is 0 Å². The highest BCUT2D eigenvalue weighted by Crippen LogP contribution is 2.14. The van der Waals surface area contributed by atoms with Crippen LogP contribution in [0.1, 0.15) is 22.7 Å². The van der Waals surface area contributed by atoms with Crippen molar-refractivity contribution in [2.75, 3.05) is 6.54 Å². The molecule has 2 N–H and O–H groups in total. The van der Waals surface area contributed by atoms with Crippen molar-refractivity contribution in [3.63, 3.8) is 0 Å². The fourth-order valence-corrected chi connectivity index (χ4v) is 2.11. The van der Waals surface area contributed by atoms with Crippen molar-refractivity contribution in [2.24, 2.45) is 0 Å². The van der Waals surface area contributed by atoms with Crippen LogP contribution < -0.4 is 5.32 Å². The fourth-order valence-electron chi connectivity index (χ4n) is 2.11. The lowest BCUT2D eigenvalue weighted by Gasteiger charge is -2.15. The quantitative estimate of drug-likeness (QED) is 0.847. The Bertz CT molecular complexity index is 549. The van der Waals surface area contributed by atoms with Gasteiger partial charge in [0.2, 0.25) is 0 Å². The summed E-state index contributed by atoms with van der Waals surface area (Å²) in [6.45, 7) is 2.62. The van der Waals surface area contributed by atoms with Gasteiger partial charge in [0.05, 0.1) is 0 Å². The zero-order valence-corrected chi connectivity index (χ0v) is 11.5. The first kappa shape index (κ1) is 14.3. The molecule has 104 valence electrons. The van der Waals surface area contributed by atoms with Gasteiger partial charge in [-0.3, -0.25) is 4.79 Å². The van der Waals surface area contributed by atoms with Gasteiger partial charge in [0.25, 0.3) is 0 Å². The Labute approximate surface area is 119 Å². The molecule has 3 heteroatoms. The second-order valence-corrected chi connectivity index (χ2v) is 4.87. The van der Waals surface area contributed by atoms with Crippen LogP contribution in [0.25, 0.3) is 0 Å². The molecule has 0 amide bonds. The van der Waals surface area contributed by atoms with Crippen molar-refractivity contribution in [1.29, 1.82) is 0 Å². The normalized spacial score (nSPS) is 12.1. The Hall–Kier alpha value is -2.13. The monoisotopic (exact) mass is 269 g/mol. The summed E-state index contributed by atoms with van der Waals surface area (Å²) in [5, 5.41) is 12.4. The maximum atomic E-state index is 11.4. The van der Waals surface area contributed by atoms with Gasteiger partial charge in [0, 0.05) is 6.54 Å². The molecule has 2 rings (SSSR count). The van der Waals surface area contributed by atoms with Crippen LogP contribution in [0.15, 0.2) is 54.6 Å². The van der Waals surface area contributed by atoms with Gasteiger partial charge >= 0.3 is 5.97 Å². The Morgan fingerprint density at radius 1 is 1.10 bits per heavy atom. The number of aryl methyl sites for hydroxylation is 1. The molecule has 2 aromatic carbocycles. The first-order valence-electron chi connectivity index (χ1n) is 6.73. The van der Waals surface area contributed by atoms with Crippen molar-refractivity contribution >= 4 is 5.97 Å². The van der Waals surface area contributed by atoms with Crippen LogP contribution in [0, 0.1) is 6.92 Å². The van der Waals surface area contributed by atoms with E-state index in [1.807, 2.05) is 61.5 Å². The highest BCUT2D eigenvalue weighted by Gasteiger charge is 2.18. The summed E-state index contributed by atoms with van der Waals surface area (Å²) < 4.78 is 0. The lowest BCUT2D eigenvalue weighted by atomic mass is 10.0. The number of nitrogens with one attached hydrogen (secondary N) is 1. The summed E-state index contributed by atoms with van der Waals surface area (Å²) in [6, 6.07) is 17.0. The van der Waals surface area contributed by atoms with Gasteiger partial charge in [0.1, 0.15) is 6.04 Å². The molecular weight excluding hydrogens is 250 g/mol. The van der Waals surface area contributed by atoms with Gasteiger partial charge in [0.15, 0.2) is 0 Å². The number of hydrogen-bond donors (Lipinski definition) is 2. The minimum atomic E-state index is -0.845. The van der Waals surface area contributed by atoms with Crippen molar-refractivity contribution < 1.29 is 9.90 Å². The molecule has 0 aliphatic carbocycles. The third-order valence-corrected chi connectivity index (χ3v) is 3.26. The molecule has 0 aliphatic rings. The van der Waals surface area contributed by atoms with E-state index < -0.39 is 12.0 Å². The van der Waals surface area contributed by atoms with Crippen molar-refractivity contribution in [3.8, 4) is 0 Å². The molecule has 0 aliphatic heterocycles. The summed E-state index contributed by atoms with van der Waals surface area (Å²) >= 11 is 0. The van der Waals surface area contributed by atoms with Gasteiger partial charge in [-0.05, 0) is 24.5 Å². The topological polar surface area (TPSA) is 49.3 Å². The number of benzene rings is 2. The molecule has 0 saturated carbocycles. The lowest BCUT2D eigenvalue weighted by Crippen LogP contribution is -2.30. The molecule has 3 nitrogen and oxygen atoms in total. The van der Waals surface area contributed by atoms with Crippen LogP contribution in [-0.4, -0.2) is 17.6 Å².